The summed E-state index contributed by atoms with van der Waals surface area (Å²) in [7, 11) is 0. The molecule has 4 rings (SSSR count). The van der Waals surface area contributed by atoms with Gasteiger partial charge in [-0.1, -0.05) is 65.7 Å². The molecule has 0 aliphatic carbocycles. The minimum atomic E-state index is -0.829. The first-order chi connectivity index (χ1) is 17.4. The highest BCUT2D eigenvalue weighted by molar-refractivity contribution is 6.42. The fourth-order valence-electron chi connectivity index (χ4n) is 4.00. The first-order valence-corrected chi connectivity index (χ1v) is 12.3. The third-order valence-electron chi connectivity index (χ3n) is 5.79. The van der Waals surface area contributed by atoms with E-state index in [1.165, 1.54) is 0 Å². The normalized spacial score (nSPS) is 19.9. The number of hydrogen-bond acceptors (Lipinski definition) is 5. The lowest BCUT2D eigenvalue weighted by atomic mass is 9.91. The molecule has 0 bridgehead atoms. The number of para-hydroxylation sites is 1. The Morgan fingerprint density at radius 2 is 1.81 bits per heavy atom. The van der Waals surface area contributed by atoms with Gasteiger partial charge in [0, 0.05) is 29.5 Å². The van der Waals surface area contributed by atoms with Crippen molar-refractivity contribution in [2.75, 3.05) is 6.61 Å². The summed E-state index contributed by atoms with van der Waals surface area (Å²) in [6, 6.07) is 19.5. The molecule has 3 atom stereocenters. The van der Waals surface area contributed by atoms with E-state index in [1.807, 2.05) is 48.6 Å². The van der Waals surface area contributed by atoms with Crippen molar-refractivity contribution in [2.45, 2.75) is 31.7 Å². The number of halogens is 2. The predicted molar refractivity (Wildman–Crippen MR) is 138 cm³/mol. The number of carboxylic acids is 1. The average molecular weight is 529 g/mol. The molecule has 0 aromatic heterocycles. The van der Waals surface area contributed by atoms with Gasteiger partial charge in [0.05, 0.1) is 22.8 Å². The largest absolute Gasteiger partial charge is 0.508 e. The van der Waals surface area contributed by atoms with Crippen molar-refractivity contribution in [1.82, 2.24) is 0 Å². The van der Waals surface area contributed by atoms with Crippen LogP contribution in [-0.4, -0.2) is 22.8 Å². The van der Waals surface area contributed by atoms with E-state index in [9.17, 15) is 9.90 Å². The summed E-state index contributed by atoms with van der Waals surface area (Å²) in [6.07, 6.45) is 3.86. The van der Waals surface area contributed by atoms with E-state index >= 15 is 0 Å². The molecule has 1 fully saturated rings. The first kappa shape index (κ1) is 26.0. The summed E-state index contributed by atoms with van der Waals surface area (Å²) in [6.45, 7) is 0.394. The molecule has 8 heteroatoms. The molecule has 0 spiro atoms. The summed E-state index contributed by atoms with van der Waals surface area (Å²) in [5.41, 5.74) is 1.45. The Morgan fingerprint density at radius 1 is 1.00 bits per heavy atom. The molecular formula is C28H26Cl2O6. The summed E-state index contributed by atoms with van der Waals surface area (Å²) in [5.74, 6) is 0.393. The number of aliphatic carboxylic acids is 1. The van der Waals surface area contributed by atoms with Crippen LogP contribution < -0.4 is 4.74 Å². The molecule has 6 nitrogen and oxygen atoms in total. The fourth-order valence-corrected chi connectivity index (χ4v) is 4.29. The van der Waals surface area contributed by atoms with Gasteiger partial charge < -0.3 is 24.4 Å². The summed E-state index contributed by atoms with van der Waals surface area (Å²) in [4.78, 5) is 10.7. The van der Waals surface area contributed by atoms with Crippen LogP contribution in [0.5, 0.6) is 17.2 Å². The maximum Gasteiger partial charge on any atom is 0.303 e. The molecule has 2 N–H and O–H groups in total. The lowest BCUT2D eigenvalue weighted by molar-refractivity contribution is -0.244. The Morgan fingerprint density at radius 3 is 2.58 bits per heavy atom. The van der Waals surface area contributed by atoms with E-state index in [4.69, 9.17) is 42.5 Å². The molecule has 1 saturated heterocycles. The zero-order valence-corrected chi connectivity index (χ0v) is 20.9. The number of hydrogen-bond donors (Lipinski definition) is 2. The topological polar surface area (TPSA) is 85.2 Å². The maximum absolute atomic E-state index is 10.7. The zero-order chi connectivity index (χ0) is 25.5. The first-order valence-electron chi connectivity index (χ1n) is 11.6. The van der Waals surface area contributed by atoms with Crippen molar-refractivity contribution in [3.05, 3.63) is 100 Å². The highest BCUT2D eigenvalue weighted by Gasteiger charge is 2.34. The molecule has 1 aliphatic rings. The lowest BCUT2D eigenvalue weighted by Gasteiger charge is -2.37. The Labute approximate surface area is 219 Å². The van der Waals surface area contributed by atoms with E-state index in [1.54, 1.807) is 30.3 Å². The predicted octanol–water partition coefficient (Wildman–Crippen LogP) is 7.71. The molecule has 0 amide bonds. The minimum absolute atomic E-state index is 0.0636. The van der Waals surface area contributed by atoms with Crippen molar-refractivity contribution in [1.29, 1.82) is 0 Å². The van der Waals surface area contributed by atoms with Crippen LogP contribution in [0.15, 0.2) is 78.9 Å². The molecule has 1 aliphatic heterocycles. The van der Waals surface area contributed by atoms with E-state index in [-0.39, 0.29) is 18.1 Å². The number of carboxylic acid groups (broad SMARTS) is 1. The van der Waals surface area contributed by atoms with Crippen LogP contribution in [0.4, 0.5) is 0 Å². The summed E-state index contributed by atoms with van der Waals surface area (Å²) < 4.78 is 18.4. The number of phenolic OH excluding ortho intramolecular Hbond substituents is 1. The van der Waals surface area contributed by atoms with Crippen molar-refractivity contribution in [3.63, 3.8) is 0 Å². The van der Waals surface area contributed by atoms with E-state index in [2.05, 4.69) is 0 Å². The van der Waals surface area contributed by atoms with Gasteiger partial charge in [0.1, 0.15) is 17.2 Å². The van der Waals surface area contributed by atoms with Gasteiger partial charge in [0.25, 0.3) is 0 Å². The van der Waals surface area contributed by atoms with Gasteiger partial charge in [-0.2, -0.15) is 0 Å². The van der Waals surface area contributed by atoms with Gasteiger partial charge in [-0.25, -0.2) is 0 Å². The second kappa shape index (κ2) is 12.3. The Hall–Kier alpha value is -3.03. The quantitative estimate of drug-likeness (QED) is 0.276. The Balaban J connectivity index is 1.51. The van der Waals surface area contributed by atoms with Crippen molar-refractivity contribution >= 4 is 29.2 Å². The average Bonchev–Trinajstić information content (AvgIpc) is 2.86. The third-order valence-corrected chi connectivity index (χ3v) is 6.53. The smallest absolute Gasteiger partial charge is 0.303 e. The van der Waals surface area contributed by atoms with Gasteiger partial charge in [-0.15, -0.1) is 0 Å². The summed E-state index contributed by atoms with van der Waals surface area (Å²) in [5, 5.41) is 20.2. The van der Waals surface area contributed by atoms with E-state index in [0.29, 0.717) is 46.6 Å². The molecule has 0 radical (unpaired) electrons. The highest BCUT2D eigenvalue weighted by Crippen LogP contribution is 2.43. The molecular weight excluding hydrogens is 503 g/mol. The van der Waals surface area contributed by atoms with Crippen molar-refractivity contribution in [2.24, 2.45) is 5.92 Å². The summed E-state index contributed by atoms with van der Waals surface area (Å²) >= 11 is 12.1. The van der Waals surface area contributed by atoms with Crippen LogP contribution in [0.1, 0.15) is 42.8 Å². The zero-order valence-electron chi connectivity index (χ0n) is 19.3. The molecule has 36 heavy (non-hydrogen) atoms. The number of carbonyl (C=O) groups is 1. The van der Waals surface area contributed by atoms with Gasteiger partial charge in [0.2, 0.25) is 0 Å². The van der Waals surface area contributed by atoms with Crippen LogP contribution in [0, 0.1) is 5.92 Å². The number of phenols is 1. The standard InChI is InChI=1S/C28H26Cl2O6/c29-23-14-13-21(16-24(23)30)35-20-9-6-8-18(15-20)28-34-17-19(7-2-1-3-12-26(32)33)27(36-28)22-10-4-5-11-25(22)31/h1-2,4-6,8-11,13-16,19,27-28,31H,3,7,12,17H2,(H,32,33). The molecule has 1 heterocycles. The molecule has 188 valence electrons. The second-order valence-electron chi connectivity index (χ2n) is 8.43. The number of aromatic hydroxyl groups is 1. The molecule has 3 unspecified atom stereocenters. The van der Waals surface area contributed by atoms with Crippen LogP contribution in [-0.2, 0) is 14.3 Å². The Kier molecular flexibility index (Phi) is 8.88. The SMILES string of the molecule is O=C(O)CCC=CCC1COC(c2cccc(Oc3ccc(Cl)c(Cl)c3)c2)OC1c1ccccc1O. The second-order valence-corrected chi connectivity index (χ2v) is 9.25. The van der Waals surface area contributed by atoms with Gasteiger partial charge in [0.15, 0.2) is 6.29 Å². The number of rotatable bonds is 9. The number of allylic oxidation sites excluding steroid dienone is 2. The maximum atomic E-state index is 10.7. The Bertz CT molecular complexity index is 1230. The fraction of sp³-hybridized carbons (Fsp3) is 0.250. The minimum Gasteiger partial charge on any atom is -0.508 e. The molecule has 0 saturated carbocycles. The van der Waals surface area contributed by atoms with Crippen LogP contribution in [0.3, 0.4) is 0 Å². The van der Waals surface area contributed by atoms with Crippen molar-refractivity contribution in [3.8, 4) is 17.2 Å². The molecule has 3 aromatic carbocycles. The van der Waals surface area contributed by atoms with Crippen molar-refractivity contribution < 1.29 is 29.2 Å². The van der Waals surface area contributed by atoms with Crippen LogP contribution >= 0.6 is 23.2 Å². The van der Waals surface area contributed by atoms with Crippen LogP contribution in [0.2, 0.25) is 10.0 Å². The number of ether oxygens (including phenoxy) is 3. The van der Waals surface area contributed by atoms with E-state index in [0.717, 1.165) is 5.56 Å². The van der Waals surface area contributed by atoms with Gasteiger partial charge >= 0.3 is 5.97 Å². The monoisotopic (exact) mass is 528 g/mol. The van der Waals surface area contributed by atoms with Crippen LogP contribution in [0.25, 0.3) is 0 Å². The lowest BCUT2D eigenvalue weighted by Crippen LogP contribution is -2.30. The van der Waals surface area contributed by atoms with Gasteiger partial charge in [-0.05, 0) is 43.2 Å². The van der Waals surface area contributed by atoms with Gasteiger partial charge in [-0.3, -0.25) is 4.79 Å². The highest BCUT2D eigenvalue weighted by atomic mass is 35.5. The third kappa shape index (κ3) is 6.80. The molecule has 3 aromatic rings. The van der Waals surface area contributed by atoms with E-state index < -0.39 is 18.4 Å². The number of benzene rings is 3.